The smallest absolute Gasteiger partial charge is 0.185 e. The molecule has 0 atom stereocenters. The summed E-state index contributed by atoms with van der Waals surface area (Å²) in [7, 11) is 0. The molecule has 1 saturated heterocycles. The number of piperazine rings is 1. The van der Waals surface area contributed by atoms with E-state index in [0.717, 1.165) is 31.3 Å². The normalized spacial score (nSPS) is 15.5. The van der Waals surface area contributed by atoms with Crippen LogP contribution in [0.3, 0.4) is 0 Å². The van der Waals surface area contributed by atoms with E-state index in [-0.39, 0.29) is 5.82 Å². The fourth-order valence-corrected chi connectivity index (χ4v) is 3.16. The predicted molar refractivity (Wildman–Crippen MR) is 88.8 cm³/mol. The zero-order chi connectivity index (χ0) is 15.4. The summed E-state index contributed by atoms with van der Waals surface area (Å²) in [5.74, 6) is 5.84. The zero-order valence-corrected chi connectivity index (χ0v) is 13.4. The van der Waals surface area contributed by atoms with Crippen LogP contribution < -0.4 is 4.90 Å². The van der Waals surface area contributed by atoms with Crippen molar-refractivity contribution < 1.29 is 4.39 Å². The van der Waals surface area contributed by atoms with E-state index in [1.165, 1.54) is 0 Å². The molecule has 1 aliphatic heterocycles. The number of aromatic nitrogens is 1. The van der Waals surface area contributed by atoms with Gasteiger partial charge in [-0.3, -0.25) is 4.90 Å². The van der Waals surface area contributed by atoms with Gasteiger partial charge in [-0.2, -0.15) is 0 Å². The average Bonchev–Trinajstić information content (AvgIpc) is 3.07. The molecule has 1 fully saturated rings. The second kappa shape index (κ2) is 6.91. The Morgan fingerprint density at radius 1 is 1.27 bits per heavy atom. The minimum Gasteiger partial charge on any atom is -0.346 e. The summed E-state index contributed by atoms with van der Waals surface area (Å²) >= 11 is 1.68. The highest BCUT2D eigenvalue weighted by atomic mass is 32.1. The molecule has 2 aromatic rings. The number of benzene rings is 1. The Kier molecular flexibility index (Phi) is 4.71. The third kappa shape index (κ3) is 3.46. The van der Waals surface area contributed by atoms with Crippen LogP contribution in [0.25, 0.3) is 0 Å². The van der Waals surface area contributed by atoms with E-state index in [9.17, 15) is 4.39 Å². The van der Waals surface area contributed by atoms with Gasteiger partial charge in [0.25, 0.3) is 0 Å². The molecule has 0 spiro atoms. The number of anilines is 1. The third-order valence-corrected chi connectivity index (χ3v) is 4.61. The van der Waals surface area contributed by atoms with Crippen LogP contribution in [0.4, 0.5) is 9.52 Å². The van der Waals surface area contributed by atoms with Crippen LogP contribution in [0.2, 0.25) is 0 Å². The minimum atomic E-state index is -0.205. The minimum absolute atomic E-state index is 0.205. The van der Waals surface area contributed by atoms with Crippen LogP contribution >= 0.6 is 11.3 Å². The molecule has 0 radical (unpaired) electrons. The van der Waals surface area contributed by atoms with Gasteiger partial charge >= 0.3 is 0 Å². The highest BCUT2D eigenvalue weighted by Crippen LogP contribution is 2.18. The van der Waals surface area contributed by atoms with E-state index in [1.807, 2.05) is 17.6 Å². The van der Waals surface area contributed by atoms with E-state index in [0.29, 0.717) is 17.7 Å². The number of halogens is 1. The molecule has 1 aromatic carbocycles. The Balaban J connectivity index is 1.54. The molecular formula is C17H18FN3S. The number of nitrogens with zero attached hydrogens (tertiary/aromatic N) is 3. The van der Waals surface area contributed by atoms with Crippen LogP contribution in [0.15, 0.2) is 29.8 Å². The van der Waals surface area contributed by atoms with Gasteiger partial charge in [-0.15, -0.1) is 11.3 Å². The van der Waals surface area contributed by atoms with Crippen molar-refractivity contribution in [2.24, 2.45) is 0 Å². The van der Waals surface area contributed by atoms with Crippen LogP contribution in [-0.2, 0) is 0 Å². The van der Waals surface area contributed by atoms with Gasteiger partial charge < -0.3 is 4.90 Å². The fourth-order valence-electron chi connectivity index (χ4n) is 2.46. The van der Waals surface area contributed by atoms with Gasteiger partial charge in [-0.1, -0.05) is 24.0 Å². The van der Waals surface area contributed by atoms with Gasteiger partial charge in [0, 0.05) is 37.8 Å². The third-order valence-electron chi connectivity index (χ3n) is 3.78. The van der Waals surface area contributed by atoms with Gasteiger partial charge in [0.15, 0.2) is 5.13 Å². The van der Waals surface area contributed by atoms with Crippen molar-refractivity contribution >= 4 is 16.5 Å². The van der Waals surface area contributed by atoms with Crippen molar-refractivity contribution in [1.29, 1.82) is 0 Å². The Morgan fingerprint density at radius 2 is 2.09 bits per heavy atom. The molecule has 5 heteroatoms. The number of thiazole rings is 1. The molecular weight excluding hydrogens is 297 g/mol. The molecule has 1 aliphatic rings. The molecule has 3 nitrogen and oxygen atoms in total. The summed E-state index contributed by atoms with van der Waals surface area (Å²) in [6.07, 6.45) is 1.84. The molecule has 0 N–H and O–H groups in total. The van der Waals surface area contributed by atoms with E-state index in [2.05, 4.69) is 26.6 Å². The van der Waals surface area contributed by atoms with E-state index < -0.39 is 0 Å². The SMILES string of the molecule is Cc1cccc(C#CCN2CCN(c3nccs3)CC2)c1F. The maximum absolute atomic E-state index is 13.8. The first-order valence-corrected chi connectivity index (χ1v) is 8.23. The van der Waals surface area contributed by atoms with Gasteiger partial charge in [-0.05, 0) is 18.6 Å². The van der Waals surface area contributed by atoms with Crippen molar-refractivity contribution in [3.8, 4) is 11.8 Å². The first-order chi connectivity index (χ1) is 10.7. The Hall–Kier alpha value is -1.90. The highest BCUT2D eigenvalue weighted by Gasteiger charge is 2.17. The second-order valence-corrected chi connectivity index (χ2v) is 6.19. The Labute approximate surface area is 134 Å². The molecule has 0 bridgehead atoms. The van der Waals surface area contributed by atoms with E-state index >= 15 is 0 Å². The molecule has 1 aromatic heterocycles. The Morgan fingerprint density at radius 3 is 2.82 bits per heavy atom. The first-order valence-electron chi connectivity index (χ1n) is 7.35. The molecule has 0 amide bonds. The summed E-state index contributed by atoms with van der Waals surface area (Å²) in [5, 5.41) is 3.09. The number of hydrogen-bond donors (Lipinski definition) is 0. The quantitative estimate of drug-likeness (QED) is 0.795. The lowest BCUT2D eigenvalue weighted by atomic mass is 10.1. The van der Waals surface area contributed by atoms with Crippen LogP contribution in [0.1, 0.15) is 11.1 Å². The summed E-state index contributed by atoms with van der Waals surface area (Å²) < 4.78 is 13.8. The lowest BCUT2D eigenvalue weighted by molar-refractivity contribution is 0.288. The molecule has 114 valence electrons. The van der Waals surface area contributed by atoms with Crippen molar-refractivity contribution in [1.82, 2.24) is 9.88 Å². The van der Waals surface area contributed by atoms with E-state index in [1.54, 1.807) is 30.4 Å². The number of hydrogen-bond acceptors (Lipinski definition) is 4. The van der Waals surface area contributed by atoms with Crippen molar-refractivity contribution in [2.45, 2.75) is 6.92 Å². The molecule has 0 aliphatic carbocycles. The van der Waals surface area contributed by atoms with E-state index in [4.69, 9.17) is 0 Å². The van der Waals surface area contributed by atoms with Crippen molar-refractivity contribution in [2.75, 3.05) is 37.6 Å². The fraction of sp³-hybridized carbons (Fsp3) is 0.353. The number of aryl methyl sites for hydroxylation is 1. The summed E-state index contributed by atoms with van der Waals surface area (Å²) in [5.41, 5.74) is 1.13. The van der Waals surface area contributed by atoms with Gasteiger partial charge in [0.1, 0.15) is 5.82 Å². The largest absolute Gasteiger partial charge is 0.346 e. The lowest BCUT2D eigenvalue weighted by Gasteiger charge is -2.33. The second-order valence-electron chi connectivity index (χ2n) is 5.32. The van der Waals surface area contributed by atoms with Crippen molar-refractivity contribution in [3.05, 3.63) is 46.7 Å². The Bertz CT molecular complexity index is 680. The summed E-state index contributed by atoms with van der Waals surface area (Å²) in [4.78, 5) is 8.94. The first kappa shape index (κ1) is 15.0. The highest BCUT2D eigenvalue weighted by molar-refractivity contribution is 7.13. The molecule has 0 saturated carbocycles. The number of rotatable bonds is 2. The summed E-state index contributed by atoms with van der Waals surface area (Å²) in [6, 6.07) is 5.34. The zero-order valence-electron chi connectivity index (χ0n) is 12.6. The topological polar surface area (TPSA) is 19.4 Å². The lowest BCUT2D eigenvalue weighted by Crippen LogP contribution is -2.46. The monoisotopic (exact) mass is 315 g/mol. The van der Waals surface area contributed by atoms with Gasteiger partial charge in [-0.25, -0.2) is 9.37 Å². The van der Waals surface area contributed by atoms with Crippen LogP contribution in [-0.4, -0.2) is 42.6 Å². The van der Waals surface area contributed by atoms with Gasteiger partial charge in [0.05, 0.1) is 12.1 Å². The maximum atomic E-state index is 13.8. The molecule has 2 heterocycles. The molecule has 3 rings (SSSR count). The van der Waals surface area contributed by atoms with Crippen LogP contribution in [0.5, 0.6) is 0 Å². The van der Waals surface area contributed by atoms with Crippen LogP contribution in [0, 0.1) is 24.6 Å². The van der Waals surface area contributed by atoms with Gasteiger partial charge in [0.2, 0.25) is 0 Å². The summed E-state index contributed by atoms with van der Waals surface area (Å²) in [6.45, 7) is 6.30. The molecule has 0 unspecified atom stereocenters. The average molecular weight is 315 g/mol. The maximum Gasteiger partial charge on any atom is 0.185 e. The standard InChI is InChI=1S/C17H18FN3S/c1-14-4-2-5-15(16(14)18)6-3-8-20-9-11-21(12-10-20)17-19-7-13-22-17/h2,4-5,7,13H,8-12H2,1H3. The van der Waals surface area contributed by atoms with Crippen molar-refractivity contribution in [3.63, 3.8) is 0 Å². The molecule has 22 heavy (non-hydrogen) atoms. The predicted octanol–water partition coefficient (Wildman–Crippen LogP) is 2.76.